The predicted molar refractivity (Wildman–Crippen MR) is 67.3 cm³/mol. The molecule has 0 aliphatic rings. The topological polar surface area (TPSA) is 38.3 Å². The van der Waals surface area contributed by atoms with Crippen LogP contribution in [0.3, 0.4) is 0 Å². The van der Waals surface area contributed by atoms with Gasteiger partial charge in [-0.15, -0.1) is 0 Å². The van der Waals surface area contributed by atoms with E-state index in [9.17, 15) is 4.79 Å². The largest absolute Gasteiger partial charge is 0.375 e. The van der Waals surface area contributed by atoms with Gasteiger partial charge >= 0.3 is 0 Å². The van der Waals surface area contributed by atoms with Crippen molar-refractivity contribution in [3.05, 3.63) is 34.3 Å². The second-order valence-corrected chi connectivity index (χ2v) is 4.65. The van der Waals surface area contributed by atoms with Gasteiger partial charge in [0.25, 0.3) is 0 Å². The molecule has 0 saturated carbocycles. The molecule has 1 N–H and O–H groups in total. The lowest BCUT2D eigenvalue weighted by molar-refractivity contribution is -0.125. The minimum atomic E-state index is -0.0787. The molecule has 1 aromatic carbocycles. The summed E-state index contributed by atoms with van der Waals surface area (Å²) in [4.78, 5) is 11.3. The van der Waals surface area contributed by atoms with Crippen LogP contribution in [0.1, 0.15) is 12.5 Å². The Morgan fingerprint density at radius 2 is 2.31 bits per heavy atom. The van der Waals surface area contributed by atoms with Gasteiger partial charge in [-0.05, 0) is 31.0 Å². The second-order valence-electron chi connectivity index (χ2n) is 3.74. The third kappa shape index (κ3) is 4.77. The van der Waals surface area contributed by atoms with Crippen molar-refractivity contribution in [2.45, 2.75) is 19.4 Å². The molecule has 0 radical (unpaired) electrons. The van der Waals surface area contributed by atoms with Crippen molar-refractivity contribution in [2.24, 2.45) is 0 Å². The van der Waals surface area contributed by atoms with Gasteiger partial charge in [0.2, 0.25) is 5.91 Å². The van der Waals surface area contributed by atoms with Crippen molar-refractivity contribution >= 4 is 21.8 Å². The van der Waals surface area contributed by atoms with E-state index in [1.165, 1.54) is 12.7 Å². The van der Waals surface area contributed by atoms with Gasteiger partial charge in [0.05, 0.1) is 0 Å². The number of hydrogen-bond acceptors (Lipinski definition) is 2. The molecule has 88 valence electrons. The smallest absolute Gasteiger partial charge is 0.246 e. The zero-order valence-corrected chi connectivity index (χ0v) is 11.1. The molecule has 0 aromatic heterocycles. The molecule has 0 heterocycles. The van der Waals surface area contributed by atoms with Crippen molar-refractivity contribution in [3.63, 3.8) is 0 Å². The van der Waals surface area contributed by atoms with Crippen molar-refractivity contribution in [2.75, 3.05) is 13.7 Å². The number of nitrogens with one attached hydrogen (secondary N) is 1. The molecule has 16 heavy (non-hydrogen) atoms. The highest BCUT2D eigenvalue weighted by molar-refractivity contribution is 9.10. The van der Waals surface area contributed by atoms with E-state index in [0.717, 1.165) is 10.9 Å². The maximum atomic E-state index is 11.3. The van der Waals surface area contributed by atoms with E-state index in [4.69, 9.17) is 4.74 Å². The van der Waals surface area contributed by atoms with Gasteiger partial charge in [-0.25, -0.2) is 0 Å². The monoisotopic (exact) mass is 285 g/mol. The highest BCUT2D eigenvalue weighted by Gasteiger charge is 2.07. The van der Waals surface area contributed by atoms with Crippen LogP contribution in [0.4, 0.5) is 0 Å². The summed E-state index contributed by atoms with van der Waals surface area (Å²) in [5.74, 6) is -0.0787. The maximum absolute atomic E-state index is 11.3. The molecule has 4 heteroatoms. The minimum absolute atomic E-state index is 0.0787. The number of ether oxygens (including phenoxy) is 1. The fraction of sp³-hybridized carbons (Fsp3) is 0.417. The Hall–Kier alpha value is -0.870. The van der Waals surface area contributed by atoms with Gasteiger partial charge in [-0.3, -0.25) is 4.79 Å². The molecule has 0 aliphatic carbocycles. The molecule has 0 fully saturated rings. The zero-order valence-electron chi connectivity index (χ0n) is 9.50. The minimum Gasteiger partial charge on any atom is -0.375 e. The fourth-order valence-corrected chi connectivity index (χ4v) is 1.96. The number of benzene rings is 1. The molecule has 0 bridgehead atoms. The number of carbonyl (C=O) groups is 1. The summed E-state index contributed by atoms with van der Waals surface area (Å²) in [6.45, 7) is 2.09. The Kier molecular flexibility index (Phi) is 5.49. The molecule has 1 amide bonds. The first-order chi connectivity index (χ1) is 7.61. The summed E-state index contributed by atoms with van der Waals surface area (Å²) in [5.41, 5.74) is 1.19. The molecule has 3 nitrogen and oxygen atoms in total. The van der Waals surface area contributed by atoms with E-state index in [1.807, 2.05) is 25.1 Å². The van der Waals surface area contributed by atoms with Crippen LogP contribution in [0, 0.1) is 0 Å². The Morgan fingerprint density at radius 3 is 2.94 bits per heavy atom. The SMILES string of the molecule is COCC(=O)NC(C)Cc1cccc(Br)c1. The Labute approximate surface area is 104 Å². The summed E-state index contributed by atoms with van der Waals surface area (Å²) in [6, 6.07) is 8.18. The van der Waals surface area contributed by atoms with Gasteiger partial charge in [0.1, 0.15) is 6.61 Å². The van der Waals surface area contributed by atoms with Crippen LogP contribution in [-0.4, -0.2) is 25.7 Å². The van der Waals surface area contributed by atoms with E-state index < -0.39 is 0 Å². The van der Waals surface area contributed by atoms with Gasteiger partial charge in [-0.2, -0.15) is 0 Å². The van der Waals surface area contributed by atoms with Crippen LogP contribution >= 0.6 is 15.9 Å². The van der Waals surface area contributed by atoms with Crippen LogP contribution in [-0.2, 0) is 16.0 Å². The van der Waals surface area contributed by atoms with Crippen LogP contribution < -0.4 is 5.32 Å². The second kappa shape index (κ2) is 6.66. The number of halogens is 1. The molecular formula is C12H16BrNO2. The van der Waals surface area contributed by atoms with Crippen molar-refractivity contribution in [1.82, 2.24) is 5.32 Å². The van der Waals surface area contributed by atoms with E-state index in [-0.39, 0.29) is 18.6 Å². The van der Waals surface area contributed by atoms with Crippen molar-refractivity contribution in [1.29, 1.82) is 0 Å². The van der Waals surface area contributed by atoms with E-state index in [2.05, 4.69) is 27.3 Å². The maximum Gasteiger partial charge on any atom is 0.246 e. The van der Waals surface area contributed by atoms with Gasteiger partial charge in [0, 0.05) is 17.6 Å². The Balaban J connectivity index is 2.45. The molecule has 0 spiro atoms. The molecule has 1 rings (SSSR count). The van der Waals surface area contributed by atoms with E-state index in [0.29, 0.717) is 0 Å². The van der Waals surface area contributed by atoms with Crippen molar-refractivity contribution < 1.29 is 9.53 Å². The van der Waals surface area contributed by atoms with Gasteiger partial charge < -0.3 is 10.1 Å². The molecular weight excluding hydrogens is 270 g/mol. The number of hydrogen-bond donors (Lipinski definition) is 1. The molecule has 1 aromatic rings. The highest BCUT2D eigenvalue weighted by Crippen LogP contribution is 2.12. The summed E-state index contributed by atoms with van der Waals surface area (Å²) in [6.07, 6.45) is 0.814. The predicted octanol–water partition coefficient (Wildman–Crippen LogP) is 2.14. The molecule has 0 saturated heterocycles. The number of amides is 1. The molecule has 1 unspecified atom stereocenters. The summed E-state index contributed by atoms with van der Waals surface area (Å²) >= 11 is 3.42. The fourth-order valence-electron chi connectivity index (χ4n) is 1.52. The lowest BCUT2D eigenvalue weighted by Crippen LogP contribution is -2.36. The third-order valence-electron chi connectivity index (χ3n) is 2.11. The average Bonchev–Trinajstić information content (AvgIpc) is 2.17. The first-order valence-corrected chi connectivity index (χ1v) is 5.94. The Morgan fingerprint density at radius 1 is 1.56 bits per heavy atom. The Bertz CT molecular complexity index is 355. The first kappa shape index (κ1) is 13.2. The number of carbonyl (C=O) groups excluding carboxylic acids is 1. The summed E-state index contributed by atoms with van der Waals surface area (Å²) in [7, 11) is 1.51. The average molecular weight is 286 g/mol. The lowest BCUT2D eigenvalue weighted by Gasteiger charge is -2.13. The van der Waals surface area contributed by atoms with Crippen LogP contribution in [0.2, 0.25) is 0 Å². The number of methoxy groups -OCH3 is 1. The normalized spacial score (nSPS) is 12.2. The van der Waals surface area contributed by atoms with Gasteiger partial charge in [0.15, 0.2) is 0 Å². The van der Waals surface area contributed by atoms with E-state index >= 15 is 0 Å². The van der Waals surface area contributed by atoms with E-state index in [1.54, 1.807) is 0 Å². The molecule has 0 aliphatic heterocycles. The summed E-state index contributed by atoms with van der Waals surface area (Å²) < 4.78 is 5.81. The highest BCUT2D eigenvalue weighted by atomic mass is 79.9. The molecule has 1 atom stereocenters. The standard InChI is InChI=1S/C12H16BrNO2/c1-9(14-12(15)8-16-2)6-10-4-3-5-11(13)7-10/h3-5,7,9H,6,8H2,1-2H3,(H,14,15). The summed E-state index contributed by atoms with van der Waals surface area (Å²) in [5, 5.41) is 2.87. The first-order valence-electron chi connectivity index (χ1n) is 5.14. The van der Waals surface area contributed by atoms with Crippen LogP contribution in [0.15, 0.2) is 28.7 Å². The third-order valence-corrected chi connectivity index (χ3v) is 2.61. The van der Waals surface area contributed by atoms with Crippen molar-refractivity contribution in [3.8, 4) is 0 Å². The quantitative estimate of drug-likeness (QED) is 0.900. The van der Waals surface area contributed by atoms with Gasteiger partial charge in [-0.1, -0.05) is 28.1 Å². The number of rotatable bonds is 5. The van der Waals surface area contributed by atoms with Crippen LogP contribution in [0.25, 0.3) is 0 Å². The van der Waals surface area contributed by atoms with Crippen LogP contribution in [0.5, 0.6) is 0 Å². The zero-order chi connectivity index (χ0) is 12.0. The lowest BCUT2D eigenvalue weighted by atomic mass is 10.1.